The number of halogens is 1. The van der Waals surface area contributed by atoms with E-state index in [1.807, 2.05) is 19.2 Å². The first-order valence-corrected chi connectivity index (χ1v) is 6.46. The van der Waals surface area contributed by atoms with Crippen LogP contribution in [0.5, 0.6) is 5.75 Å². The van der Waals surface area contributed by atoms with Gasteiger partial charge < -0.3 is 10.1 Å². The molecule has 1 aliphatic rings. The summed E-state index contributed by atoms with van der Waals surface area (Å²) in [6.07, 6.45) is 2.38. The Balaban J connectivity index is 2.09. The summed E-state index contributed by atoms with van der Waals surface area (Å²) in [6, 6.07) is 5.86. The molecule has 1 N–H and O–H groups in total. The molecular weight excluding hydrogens is 231 g/mol. The van der Waals surface area contributed by atoms with E-state index in [9.17, 15) is 4.39 Å². The monoisotopic (exact) mass is 252 g/mol. The summed E-state index contributed by atoms with van der Waals surface area (Å²) in [5.74, 6) is 0.104. The molecule has 0 aromatic heterocycles. The molecule has 4 heteroatoms. The van der Waals surface area contributed by atoms with Crippen molar-refractivity contribution in [2.45, 2.75) is 25.4 Å². The number of benzene rings is 1. The average molecular weight is 252 g/mol. The quantitative estimate of drug-likeness (QED) is 0.867. The molecule has 2 rings (SSSR count). The van der Waals surface area contributed by atoms with Crippen molar-refractivity contribution >= 4 is 0 Å². The first kappa shape index (κ1) is 13.3. The van der Waals surface area contributed by atoms with Gasteiger partial charge in [0.25, 0.3) is 0 Å². The lowest BCUT2D eigenvalue weighted by molar-refractivity contribution is 0.238. The maximum Gasteiger partial charge on any atom is 0.169 e. The van der Waals surface area contributed by atoms with Gasteiger partial charge in [0.05, 0.1) is 7.11 Å². The van der Waals surface area contributed by atoms with E-state index in [1.54, 1.807) is 6.07 Å². The van der Waals surface area contributed by atoms with Gasteiger partial charge in [-0.05, 0) is 32.5 Å². The molecule has 100 valence electrons. The number of rotatable bonds is 5. The van der Waals surface area contributed by atoms with Gasteiger partial charge in [-0.2, -0.15) is 0 Å². The maximum atomic E-state index is 14.1. The van der Waals surface area contributed by atoms with Gasteiger partial charge >= 0.3 is 0 Å². The van der Waals surface area contributed by atoms with Crippen LogP contribution < -0.4 is 10.1 Å². The Bertz CT molecular complexity index is 397. The van der Waals surface area contributed by atoms with Gasteiger partial charge in [0.1, 0.15) is 0 Å². The molecule has 0 amide bonds. The highest BCUT2D eigenvalue weighted by molar-refractivity contribution is 5.31. The van der Waals surface area contributed by atoms with Crippen molar-refractivity contribution in [1.29, 1.82) is 0 Å². The van der Waals surface area contributed by atoms with E-state index in [1.165, 1.54) is 20.0 Å². The molecular formula is C14H21FN2O. The molecule has 1 heterocycles. The van der Waals surface area contributed by atoms with Crippen molar-refractivity contribution in [2.24, 2.45) is 0 Å². The van der Waals surface area contributed by atoms with E-state index in [0.717, 1.165) is 18.7 Å². The molecule has 1 aliphatic heterocycles. The Morgan fingerprint density at radius 1 is 1.50 bits per heavy atom. The third-order valence-electron chi connectivity index (χ3n) is 3.58. The van der Waals surface area contributed by atoms with Crippen LogP contribution in [0.4, 0.5) is 4.39 Å². The lowest BCUT2D eigenvalue weighted by Gasteiger charge is -2.24. The number of likely N-dealkylation sites (N-methyl/N-ethyl adjacent to an activating group) is 1. The fourth-order valence-electron chi connectivity index (χ4n) is 2.62. The zero-order valence-electron chi connectivity index (χ0n) is 11.1. The van der Waals surface area contributed by atoms with Gasteiger partial charge in [-0.3, -0.25) is 4.90 Å². The molecule has 0 bridgehead atoms. The van der Waals surface area contributed by atoms with Gasteiger partial charge in [-0.15, -0.1) is 0 Å². The fourth-order valence-corrected chi connectivity index (χ4v) is 2.62. The van der Waals surface area contributed by atoms with Crippen LogP contribution in [-0.2, 0) is 6.54 Å². The fraction of sp³-hybridized carbons (Fsp3) is 0.571. The lowest BCUT2D eigenvalue weighted by atomic mass is 10.1. The van der Waals surface area contributed by atoms with Gasteiger partial charge in [0.2, 0.25) is 0 Å². The molecule has 0 radical (unpaired) electrons. The van der Waals surface area contributed by atoms with Crippen LogP contribution >= 0.6 is 0 Å². The zero-order chi connectivity index (χ0) is 13.0. The predicted molar refractivity (Wildman–Crippen MR) is 70.3 cm³/mol. The van der Waals surface area contributed by atoms with Crippen LogP contribution in [0.15, 0.2) is 18.2 Å². The summed E-state index contributed by atoms with van der Waals surface area (Å²) in [4.78, 5) is 2.34. The van der Waals surface area contributed by atoms with Crippen molar-refractivity contribution in [3.05, 3.63) is 29.6 Å². The Kier molecular flexibility index (Phi) is 4.55. The molecule has 0 saturated carbocycles. The first-order chi connectivity index (χ1) is 8.76. The van der Waals surface area contributed by atoms with Gasteiger partial charge in [-0.1, -0.05) is 12.1 Å². The first-order valence-electron chi connectivity index (χ1n) is 6.46. The van der Waals surface area contributed by atoms with Crippen LogP contribution in [-0.4, -0.2) is 38.2 Å². The number of nitrogens with one attached hydrogen (secondary N) is 1. The van der Waals surface area contributed by atoms with Gasteiger partial charge in [0.15, 0.2) is 11.6 Å². The minimum Gasteiger partial charge on any atom is -0.494 e. The molecule has 1 aromatic carbocycles. The van der Waals surface area contributed by atoms with Crippen LogP contribution in [0.1, 0.15) is 18.4 Å². The Hall–Kier alpha value is -1.13. The predicted octanol–water partition coefficient (Wildman–Crippen LogP) is 2.02. The van der Waals surface area contributed by atoms with Crippen LogP contribution in [0, 0.1) is 5.82 Å². The molecule has 18 heavy (non-hydrogen) atoms. The topological polar surface area (TPSA) is 24.5 Å². The molecule has 3 nitrogen and oxygen atoms in total. The van der Waals surface area contributed by atoms with Crippen molar-refractivity contribution in [1.82, 2.24) is 10.2 Å². The minimum atomic E-state index is -0.227. The number of hydrogen-bond donors (Lipinski definition) is 1. The normalized spacial score (nSPS) is 20.3. The second kappa shape index (κ2) is 6.16. The summed E-state index contributed by atoms with van der Waals surface area (Å²) < 4.78 is 19.1. The Morgan fingerprint density at radius 2 is 2.33 bits per heavy atom. The maximum absolute atomic E-state index is 14.1. The van der Waals surface area contributed by atoms with Crippen LogP contribution in [0.25, 0.3) is 0 Å². The van der Waals surface area contributed by atoms with Crippen molar-refractivity contribution in [3.8, 4) is 5.75 Å². The smallest absolute Gasteiger partial charge is 0.169 e. The summed E-state index contributed by atoms with van der Waals surface area (Å²) in [7, 11) is 3.46. The van der Waals surface area contributed by atoms with E-state index in [-0.39, 0.29) is 5.82 Å². The zero-order valence-corrected chi connectivity index (χ0v) is 11.1. The summed E-state index contributed by atoms with van der Waals surface area (Å²) in [5.41, 5.74) is 0.720. The highest BCUT2D eigenvalue weighted by atomic mass is 19.1. The lowest BCUT2D eigenvalue weighted by Crippen LogP contribution is -2.36. The second-order valence-electron chi connectivity index (χ2n) is 4.76. The van der Waals surface area contributed by atoms with Crippen LogP contribution in [0.3, 0.4) is 0 Å². The molecule has 1 aromatic rings. The van der Waals surface area contributed by atoms with Gasteiger partial charge in [-0.25, -0.2) is 4.39 Å². The van der Waals surface area contributed by atoms with Gasteiger partial charge in [0, 0.05) is 24.7 Å². The van der Waals surface area contributed by atoms with E-state index < -0.39 is 0 Å². The Labute approximate surface area is 108 Å². The minimum absolute atomic E-state index is 0.227. The van der Waals surface area contributed by atoms with Crippen molar-refractivity contribution in [2.75, 3.05) is 27.2 Å². The number of likely N-dealkylation sites (tertiary alicyclic amines) is 1. The number of nitrogens with zero attached hydrogens (tertiary/aromatic N) is 1. The summed E-state index contributed by atoms with van der Waals surface area (Å²) >= 11 is 0. The molecule has 1 saturated heterocycles. The van der Waals surface area contributed by atoms with Crippen molar-refractivity contribution < 1.29 is 9.13 Å². The number of methoxy groups -OCH3 is 1. The third-order valence-corrected chi connectivity index (χ3v) is 3.58. The standard InChI is InChI=1S/C14H21FN2O/c1-16-9-12-6-4-8-17(12)10-11-5-3-7-13(18-2)14(11)15/h3,5,7,12,16H,4,6,8-10H2,1-2H3. The van der Waals surface area contributed by atoms with E-state index in [4.69, 9.17) is 4.74 Å². The highest BCUT2D eigenvalue weighted by Crippen LogP contribution is 2.24. The van der Waals surface area contributed by atoms with Crippen molar-refractivity contribution in [3.63, 3.8) is 0 Å². The Morgan fingerprint density at radius 3 is 3.06 bits per heavy atom. The van der Waals surface area contributed by atoms with E-state index >= 15 is 0 Å². The number of ether oxygens (including phenoxy) is 1. The second-order valence-corrected chi connectivity index (χ2v) is 4.76. The molecule has 0 spiro atoms. The van der Waals surface area contributed by atoms with Crippen LogP contribution in [0.2, 0.25) is 0 Å². The number of hydrogen-bond acceptors (Lipinski definition) is 3. The summed E-state index contributed by atoms with van der Waals surface area (Å²) in [5, 5.41) is 3.20. The third kappa shape index (κ3) is 2.82. The molecule has 1 atom stereocenters. The van der Waals surface area contributed by atoms with E-state index in [0.29, 0.717) is 18.3 Å². The highest BCUT2D eigenvalue weighted by Gasteiger charge is 2.24. The average Bonchev–Trinajstić information content (AvgIpc) is 2.80. The largest absolute Gasteiger partial charge is 0.494 e. The van der Waals surface area contributed by atoms with E-state index in [2.05, 4.69) is 10.2 Å². The SMILES string of the molecule is CNCC1CCCN1Cc1cccc(OC)c1F. The molecule has 0 aliphatic carbocycles. The molecule has 1 fully saturated rings. The summed E-state index contributed by atoms with van der Waals surface area (Å²) in [6.45, 7) is 2.67. The molecule has 1 unspecified atom stereocenters.